The van der Waals surface area contributed by atoms with Crippen LogP contribution in [0.3, 0.4) is 0 Å². The molecule has 0 aromatic carbocycles. The molecule has 0 saturated heterocycles. The van der Waals surface area contributed by atoms with Gasteiger partial charge in [-0.2, -0.15) is 0 Å². The molecule has 0 spiro atoms. The fourth-order valence-electron chi connectivity index (χ4n) is 2.76. The maximum Gasteiger partial charge on any atom is 0.325 e. The van der Waals surface area contributed by atoms with Crippen LogP contribution < -0.4 is 5.32 Å². The molecule has 0 bridgehead atoms. The lowest BCUT2D eigenvalue weighted by atomic mass is 9.90. The van der Waals surface area contributed by atoms with E-state index in [0.717, 1.165) is 19.1 Å². The normalized spacial score (nSPS) is 19.9. The van der Waals surface area contributed by atoms with Crippen LogP contribution in [0.1, 0.15) is 52.4 Å². The van der Waals surface area contributed by atoms with E-state index < -0.39 is 5.54 Å². The van der Waals surface area contributed by atoms with Crippen molar-refractivity contribution in [2.75, 3.05) is 26.9 Å². The Balaban J connectivity index is 2.25. The molecule has 1 rings (SSSR count). The molecular formula is C15H29NO3. The van der Waals surface area contributed by atoms with Crippen molar-refractivity contribution in [1.82, 2.24) is 5.32 Å². The van der Waals surface area contributed by atoms with Crippen LogP contribution in [0.2, 0.25) is 0 Å². The highest BCUT2D eigenvalue weighted by molar-refractivity contribution is 5.80. The van der Waals surface area contributed by atoms with Crippen molar-refractivity contribution in [2.45, 2.75) is 57.9 Å². The van der Waals surface area contributed by atoms with Crippen LogP contribution in [0.4, 0.5) is 0 Å². The van der Waals surface area contributed by atoms with Crippen LogP contribution in [0.25, 0.3) is 0 Å². The topological polar surface area (TPSA) is 47.6 Å². The minimum Gasteiger partial charge on any atom is -0.468 e. The lowest BCUT2D eigenvalue weighted by Gasteiger charge is -2.28. The molecule has 0 radical (unpaired) electrons. The molecule has 19 heavy (non-hydrogen) atoms. The number of hydrogen-bond donors (Lipinski definition) is 1. The van der Waals surface area contributed by atoms with Gasteiger partial charge in [0.05, 0.1) is 7.11 Å². The van der Waals surface area contributed by atoms with Gasteiger partial charge in [0.1, 0.15) is 5.54 Å². The number of rotatable bonds is 8. The molecule has 1 aliphatic rings. The van der Waals surface area contributed by atoms with E-state index in [9.17, 15) is 4.79 Å². The predicted molar refractivity (Wildman–Crippen MR) is 76.1 cm³/mol. The van der Waals surface area contributed by atoms with Crippen molar-refractivity contribution in [3.05, 3.63) is 0 Å². The van der Waals surface area contributed by atoms with E-state index in [1.165, 1.54) is 39.2 Å². The molecule has 4 nitrogen and oxygen atoms in total. The molecule has 1 fully saturated rings. The largest absolute Gasteiger partial charge is 0.468 e. The Hall–Kier alpha value is -0.610. The van der Waals surface area contributed by atoms with Gasteiger partial charge in [0.15, 0.2) is 0 Å². The first kappa shape index (κ1) is 16.4. The Morgan fingerprint density at radius 1 is 1.32 bits per heavy atom. The van der Waals surface area contributed by atoms with Gasteiger partial charge in [-0.15, -0.1) is 0 Å². The molecule has 0 amide bonds. The van der Waals surface area contributed by atoms with Gasteiger partial charge in [0.2, 0.25) is 0 Å². The van der Waals surface area contributed by atoms with E-state index in [1.54, 1.807) is 0 Å². The Bertz CT molecular complexity index is 264. The number of nitrogens with one attached hydrogen (secondary N) is 1. The van der Waals surface area contributed by atoms with Gasteiger partial charge in [-0.25, -0.2) is 0 Å². The average molecular weight is 271 g/mol. The molecule has 0 aliphatic heterocycles. The van der Waals surface area contributed by atoms with E-state index in [4.69, 9.17) is 9.47 Å². The first-order chi connectivity index (χ1) is 9.12. The third-order valence-corrected chi connectivity index (χ3v) is 4.03. The van der Waals surface area contributed by atoms with E-state index in [1.807, 2.05) is 13.8 Å². The maximum atomic E-state index is 11.8. The molecule has 1 unspecified atom stereocenters. The summed E-state index contributed by atoms with van der Waals surface area (Å²) in [5, 5.41) is 3.19. The van der Waals surface area contributed by atoms with E-state index in [2.05, 4.69) is 5.32 Å². The standard InChI is InChI=1S/C15H29NO3/c1-4-16-15(2,14(17)18-3)10-11-19-12-13-8-6-5-7-9-13/h13,16H,4-12H2,1-3H3. The van der Waals surface area contributed by atoms with Gasteiger partial charge in [-0.1, -0.05) is 26.2 Å². The number of carbonyl (C=O) groups is 1. The first-order valence-electron chi connectivity index (χ1n) is 7.53. The summed E-state index contributed by atoms with van der Waals surface area (Å²) in [6.07, 6.45) is 7.29. The van der Waals surface area contributed by atoms with Gasteiger partial charge in [-0.05, 0) is 38.6 Å². The fraction of sp³-hybridized carbons (Fsp3) is 0.933. The predicted octanol–water partition coefficient (Wildman–Crippen LogP) is 2.51. The summed E-state index contributed by atoms with van der Waals surface area (Å²) in [5.41, 5.74) is -0.629. The summed E-state index contributed by atoms with van der Waals surface area (Å²) in [7, 11) is 1.43. The monoisotopic (exact) mass is 271 g/mol. The van der Waals surface area contributed by atoms with Crippen LogP contribution in [-0.4, -0.2) is 38.4 Å². The minimum atomic E-state index is -0.629. The molecule has 1 N–H and O–H groups in total. The van der Waals surface area contributed by atoms with Crippen LogP contribution >= 0.6 is 0 Å². The van der Waals surface area contributed by atoms with Crippen LogP contribution in [0, 0.1) is 5.92 Å². The van der Waals surface area contributed by atoms with Gasteiger partial charge in [-0.3, -0.25) is 4.79 Å². The number of carbonyl (C=O) groups excluding carboxylic acids is 1. The zero-order valence-corrected chi connectivity index (χ0v) is 12.7. The zero-order chi connectivity index (χ0) is 14.1. The smallest absolute Gasteiger partial charge is 0.325 e. The quantitative estimate of drug-likeness (QED) is 0.544. The number of ether oxygens (including phenoxy) is 2. The number of hydrogen-bond acceptors (Lipinski definition) is 4. The minimum absolute atomic E-state index is 0.212. The highest BCUT2D eigenvalue weighted by atomic mass is 16.5. The van der Waals surface area contributed by atoms with E-state index in [-0.39, 0.29) is 5.97 Å². The molecule has 4 heteroatoms. The highest BCUT2D eigenvalue weighted by Gasteiger charge is 2.33. The summed E-state index contributed by atoms with van der Waals surface area (Å²) in [5.74, 6) is 0.507. The second-order valence-electron chi connectivity index (χ2n) is 5.68. The van der Waals surface area contributed by atoms with Gasteiger partial charge in [0, 0.05) is 13.2 Å². The third kappa shape index (κ3) is 5.49. The maximum absolute atomic E-state index is 11.8. The lowest BCUT2D eigenvalue weighted by molar-refractivity contribution is -0.148. The Labute approximate surface area is 117 Å². The van der Waals surface area contributed by atoms with Crippen LogP contribution in [0.5, 0.6) is 0 Å². The van der Waals surface area contributed by atoms with Crippen molar-refractivity contribution in [3.63, 3.8) is 0 Å². The molecular weight excluding hydrogens is 242 g/mol. The van der Waals surface area contributed by atoms with Crippen molar-refractivity contribution < 1.29 is 14.3 Å². The van der Waals surface area contributed by atoms with E-state index >= 15 is 0 Å². The number of likely N-dealkylation sites (N-methyl/N-ethyl adjacent to an activating group) is 1. The number of esters is 1. The summed E-state index contributed by atoms with van der Waals surface area (Å²) in [4.78, 5) is 11.8. The number of methoxy groups -OCH3 is 1. The lowest BCUT2D eigenvalue weighted by Crippen LogP contribution is -2.50. The van der Waals surface area contributed by atoms with Crippen LogP contribution in [-0.2, 0) is 14.3 Å². The van der Waals surface area contributed by atoms with Crippen molar-refractivity contribution in [2.24, 2.45) is 5.92 Å². The highest BCUT2D eigenvalue weighted by Crippen LogP contribution is 2.24. The Kier molecular flexibility index (Phi) is 7.39. The molecule has 1 atom stereocenters. The Morgan fingerprint density at radius 2 is 2.00 bits per heavy atom. The van der Waals surface area contributed by atoms with Crippen LogP contribution in [0.15, 0.2) is 0 Å². The molecule has 112 valence electrons. The average Bonchev–Trinajstić information content (AvgIpc) is 2.44. The summed E-state index contributed by atoms with van der Waals surface area (Å²) < 4.78 is 10.6. The molecule has 0 heterocycles. The van der Waals surface area contributed by atoms with E-state index in [0.29, 0.717) is 13.0 Å². The van der Waals surface area contributed by atoms with Crippen molar-refractivity contribution in [3.8, 4) is 0 Å². The first-order valence-corrected chi connectivity index (χ1v) is 7.53. The molecule has 1 aliphatic carbocycles. The summed E-state index contributed by atoms with van der Waals surface area (Å²) in [6.45, 7) is 6.06. The molecule has 0 aromatic rings. The molecule has 1 saturated carbocycles. The SMILES string of the molecule is CCNC(C)(CCOCC1CCCCC1)C(=O)OC. The second kappa shape index (κ2) is 8.54. The second-order valence-corrected chi connectivity index (χ2v) is 5.68. The summed E-state index contributed by atoms with van der Waals surface area (Å²) >= 11 is 0. The van der Waals surface area contributed by atoms with Crippen molar-refractivity contribution in [1.29, 1.82) is 0 Å². The Morgan fingerprint density at radius 3 is 2.58 bits per heavy atom. The third-order valence-electron chi connectivity index (χ3n) is 4.03. The van der Waals surface area contributed by atoms with Gasteiger partial charge < -0.3 is 14.8 Å². The van der Waals surface area contributed by atoms with Crippen molar-refractivity contribution >= 4 is 5.97 Å². The zero-order valence-electron chi connectivity index (χ0n) is 12.7. The fourth-order valence-corrected chi connectivity index (χ4v) is 2.76. The van der Waals surface area contributed by atoms with Gasteiger partial charge in [0.25, 0.3) is 0 Å². The van der Waals surface area contributed by atoms with Gasteiger partial charge >= 0.3 is 5.97 Å². The molecule has 0 aromatic heterocycles. The summed E-state index contributed by atoms with van der Waals surface area (Å²) in [6, 6.07) is 0.